The minimum atomic E-state index is -3.90. The molecule has 0 aliphatic heterocycles. The van der Waals surface area contributed by atoms with Crippen LogP contribution in [0.25, 0.3) is 0 Å². The van der Waals surface area contributed by atoms with Gasteiger partial charge in [-0.15, -0.1) is 0 Å². The minimum absolute atomic E-state index is 0.0362. The van der Waals surface area contributed by atoms with E-state index in [1.807, 2.05) is 13.8 Å². The molecule has 0 radical (unpaired) electrons. The highest BCUT2D eigenvalue weighted by molar-refractivity contribution is 7.94. The highest BCUT2D eigenvalue weighted by Gasteiger charge is 2.28. The molecule has 0 saturated carbocycles. The molecule has 1 N–H and O–H groups in total. The number of sulfone groups is 1. The van der Waals surface area contributed by atoms with Crippen molar-refractivity contribution in [2.24, 2.45) is 0 Å². The first-order valence-electron chi connectivity index (χ1n) is 7.02. The lowest BCUT2D eigenvalue weighted by Gasteiger charge is -2.15. The van der Waals surface area contributed by atoms with E-state index < -0.39 is 25.2 Å². The van der Waals surface area contributed by atoms with Crippen LogP contribution in [0.5, 0.6) is 0 Å². The van der Waals surface area contributed by atoms with Gasteiger partial charge in [0, 0.05) is 0 Å². The van der Waals surface area contributed by atoms with Crippen LogP contribution in [0.1, 0.15) is 18.1 Å². The predicted molar refractivity (Wildman–Crippen MR) is 89.3 cm³/mol. The van der Waals surface area contributed by atoms with Gasteiger partial charge < -0.3 is 0 Å². The summed E-state index contributed by atoms with van der Waals surface area (Å²) in [4.78, 5) is 0.122. The van der Waals surface area contributed by atoms with Gasteiger partial charge in [-0.2, -0.15) is 4.72 Å². The van der Waals surface area contributed by atoms with Crippen LogP contribution >= 0.6 is 0 Å². The Kier molecular flexibility index (Phi) is 4.93. The SMILES string of the molecule is Cc1ccc(S(=O)(=O)NC(C)S(=O)(=O)c2ccc(C)cc2)cc1. The van der Waals surface area contributed by atoms with Gasteiger partial charge in [0.25, 0.3) is 0 Å². The Morgan fingerprint density at radius 2 is 1.13 bits per heavy atom. The lowest BCUT2D eigenvalue weighted by Crippen LogP contribution is -2.38. The fourth-order valence-corrected chi connectivity index (χ4v) is 4.88. The quantitative estimate of drug-likeness (QED) is 0.895. The first-order valence-corrected chi connectivity index (χ1v) is 10.1. The Morgan fingerprint density at radius 3 is 1.57 bits per heavy atom. The van der Waals surface area contributed by atoms with Gasteiger partial charge in [-0.05, 0) is 45.0 Å². The molecule has 1 unspecified atom stereocenters. The Morgan fingerprint density at radius 1 is 0.739 bits per heavy atom. The highest BCUT2D eigenvalue weighted by Crippen LogP contribution is 2.18. The average Bonchev–Trinajstić information content (AvgIpc) is 2.47. The number of hydrogen-bond donors (Lipinski definition) is 1. The second kappa shape index (κ2) is 6.43. The van der Waals surface area contributed by atoms with E-state index in [1.165, 1.54) is 31.2 Å². The lowest BCUT2D eigenvalue weighted by molar-refractivity contribution is 0.560. The number of rotatable bonds is 5. The van der Waals surface area contributed by atoms with Crippen LogP contribution in [-0.2, 0) is 19.9 Å². The number of benzene rings is 2. The molecule has 2 aromatic rings. The summed E-state index contributed by atoms with van der Waals surface area (Å²) in [6, 6.07) is 12.5. The van der Waals surface area contributed by atoms with E-state index in [0.29, 0.717) is 0 Å². The largest absolute Gasteiger partial charge is 0.241 e. The molecular weight excluding hydrogens is 334 g/mol. The predicted octanol–water partition coefficient (Wildman–Crippen LogP) is 2.40. The lowest BCUT2D eigenvalue weighted by atomic mass is 10.2. The molecule has 1 atom stereocenters. The van der Waals surface area contributed by atoms with Gasteiger partial charge in [0.05, 0.1) is 9.79 Å². The van der Waals surface area contributed by atoms with Gasteiger partial charge in [0.1, 0.15) is 5.37 Å². The maximum Gasteiger partial charge on any atom is 0.241 e. The first kappa shape index (κ1) is 17.7. The summed E-state index contributed by atoms with van der Waals surface area (Å²) in [5.41, 5.74) is 1.85. The van der Waals surface area contributed by atoms with Crippen molar-refractivity contribution in [3.63, 3.8) is 0 Å². The summed E-state index contributed by atoms with van der Waals surface area (Å²) < 4.78 is 51.8. The summed E-state index contributed by atoms with van der Waals surface area (Å²) >= 11 is 0. The van der Waals surface area contributed by atoms with Gasteiger partial charge >= 0.3 is 0 Å². The minimum Gasteiger partial charge on any atom is -0.222 e. The summed E-state index contributed by atoms with van der Waals surface area (Å²) in [6.45, 7) is 5.01. The molecule has 0 aliphatic rings. The standard InChI is InChI=1S/C16H19NO4S2/c1-12-4-8-15(9-5-12)22(18,19)14(3)17-23(20,21)16-10-6-13(2)7-11-16/h4-11,14,17H,1-3H3. The molecule has 0 spiro atoms. The van der Waals surface area contributed by atoms with Gasteiger partial charge in [-0.1, -0.05) is 35.4 Å². The van der Waals surface area contributed by atoms with Crippen LogP contribution in [-0.4, -0.2) is 22.2 Å². The summed E-state index contributed by atoms with van der Waals surface area (Å²) in [6.07, 6.45) is 0. The van der Waals surface area contributed by atoms with Crippen LogP contribution in [0.3, 0.4) is 0 Å². The zero-order valence-corrected chi connectivity index (χ0v) is 14.8. The van der Waals surface area contributed by atoms with Crippen molar-refractivity contribution < 1.29 is 16.8 Å². The fraction of sp³-hybridized carbons (Fsp3) is 0.250. The zero-order valence-electron chi connectivity index (χ0n) is 13.1. The van der Waals surface area contributed by atoms with Crippen LogP contribution in [0.4, 0.5) is 0 Å². The third-order valence-electron chi connectivity index (χ3n) is 3.47. The molecule has 0 aromatic heterocycles. The number of sulfonamides is 1. The molecule has 5 nitrogen and oxygen atoms in total. The normalized spacial score (nSPS) is 13.7. The topological polar surface area (TPSA) is 80.3 Å². The second-order valence-corrected chi connectivity index (χ2v) is 9.42. The molecule has 2 rings (SSSR count). The van der Waals surface area contributed by atoms with E-state index in [0.717, 1.165) is 11.1 Å². The molecular formula is C16H19NO4S2. The summed E-state index contributed by atoms with van der Waals surface area (Å²) in [7, 11) is -7.70. The molecule has 2 aromatic carbocycles. The van der Waals surface area contributed by atoms with E-state index in [4.69, 9.17) is 0 Å². The van der Waals surface area contributed by atoms with E-state index >= 15 is 0 Å². The smallest absolute Gasteiger partial charge is 0.222 e. The zero-order chi connectivity index (χ0) is 17.3. The molecule has 0 aliphatic carbocycles. The van der Waals surface area contributed by atoms with Gasteiger partial charge in [0.15, 0.2) is 9.84 Å². The molecule has 0 fully saturated rings. The van der Waals surface area contributed by atoms with Crippen LogP contribution in [0.15, 0.2) is 58.3 Å². The molecule has 23 heavy (non-hydrogen) atoms. The first-order chi connectivity index (χ1) is 10.6. The number of hydrogen-bond acceptors (Lipinski definition) is 4. The van der Waals surface area contributed by atoms with Crippen molar-refractivity contribution in [2.45, 2.75) is 35.9 Å². The van der Waals surface area contributed by atoms with E-state index in [-0.39, 0.29) is 9.79 Å². The van der Waals surface area contributed by atoms with Crippen molar-refractivity contribution in [3.8, 4) is 0 Å². The monoisotopic (exact) mass is 353 g/mol. The van der Waals surface area contributed by atoms with Crippen molar-refractivity contribution >= 4 is 19.9 Å². The third-order valence-corrected chi connectivity index (χ3v) is 7.15. The van der Waals surface area contributed by atoms with Gasteiger partial charge in [0.2, 0.25) is 10.0 Å². The number of nitrogens with one attached hydrogen (secondary N) is 1. The highest BCUT2D eigenvalue weighted by atomic mass is 32.2. The average molecular weight is 353 g/mol. The fourth-order valence-electron chi connectivity index (χ4n) is 2.00. The van der Waals surface area contributed by atoms with Crippen LogP contribution in [0, 0.1) is 13.8 Å². The van der Waals surface area contributed by atoms with Crippen molar-refractivity contribution in [1.82, 2.24) is 4.72 Å². The van der Waals surface area contributed by atoms with E-state index in [1.54, 1.807) is 24.3 Å². The Labute approximate surface area is 137 Å². The maximum absolute atomic E-state index is 12.5. The van der Waals surface area contributed by atoms with Gasteiger partial charge in [-0.3, -0.25) is 0 Å². The molecule has 7 heteroatoms. The molecule has 0 bridgehead atoms. The molecule has 124 valence electrons. The van der Waals surface area contributed by atoms with E-state index in [9.17, 15) is 16.8 Å². The summed E-state index contributed by atoms with van der Waals surface area (Å²) in [5, 5.41) is -1.27. The van der Waals surface area contributed by atoms with Crippen LogP contribution in [0.2, 0.25) is 0 Å². The van der Waals surface area contributed by atoms with Crippen molar-refractivity contribution in [3.05, 3.63) is 59.7 Å². The Balaban J connectivity index is 2.28. The third kappa shape index (κ3) is 3.99. The molecule has 0 heterocycles. The second-order valence-electron chi connectivity index (χ2n) is 5.43. The summed E-state index contributed by atoms with van der Waals surface area (Å²) in [5.74, 6) is 0. The van der Waals surface area contributed by atoms with E-state index in [2.05, 4.69) is 4.72 Å². The maximum atomic E-state index is 12.5. The number of aryl methyl sites for hydroxylation is 2. The Hall–Kier alpha value is -1.70. The molecule has 0 saturated heterocycles. The van der Waals surface area contributed by atoms with Crippen molar-refractivity contribution in [1.29, 1.82) is 0 Å². The van der Waals surface area contributed by atoms with Crippen molar-refractivity contribution in [2.75, 3.05) is 0 Å². The van der Waals surface area contributed by atoms with Gasteiger partial charge in [-0.25, -0.2) is 16.8 Å². The molecule has 0 amide bonds. The Bertz CT molecular complexity index is 884. The van der Waals surface area contributed by atoms with Crippen LogP contribution < -0.4 is 4.72 Å².